The molecule has 0 bridgehead atoms. The fraction of sp³-hybridized carbons (Fsp3) is 1.00. The molecule has 17 heavy (non-hydrogen) atoms. The van der Waals surface area contributed by atoms with E-state index in [-0.39, 0.29) is 5.75 Å². The fourth-order valence-corrected chi connectivity index (χ4v) is 3.65. The topological polar surface area (TPSA) is 49.9 Å². The average molecular weight is 264 g/mol. The van der Waals surface area contributed by atoms with Gasteiger partial charge in [0, 0.05) is 39.3 Å². The van der Waals surface area contributed by atoms with Crippen LogP contribution < -0.4 is 0 Å². The molecule has 6 heteroatoms. The quantitative estimate of drug-likeness (QED) is 0.696. The van der Waals surface area contributed by atoms with Gasteiger partial charge in [0.2, 0.25) is 10.0 Å². The smallest absolute Gasteiger partial charge is 0.214 e. The van der Waals surface area contributed by atoms with Crippen molar-refractivity contribution in [3.63, 3.8) is 0 Å². The minimum Gasteiger partial charge on any atom is -0.383 e. The zero-order valence-corrected chi connectivity index (χ0v) is 11.9. The lowest BCUT2D eigenvalue weighted by molar-refractivity contribution is 0.0766. The van der Waals surface area contributed by atoms with E-state index in [0.29, 0.717) is 32.2 Å². The lowest BCUT2D eigenvalue weighted by Gasteiger charge is -2.37. The van der Waals surface area contributed by atoms with Crippen LogP contribution in [-0.4, -0.2) is 69.3 Å². The molecule has 1 aliphatic rings. The van der Waals surface area contributed by atoms with Gasteiger partial charge in [-0.1, -0.05) is 6.92 Å². The highest BCUT2D eigenvalue weighted by atomic mass is 32.2. The first kappa shape index (κ1) is 14.9. The molecule has 0 amide bonds. The Kier molecular flexibility index (Phi) is 5.85. The Balaban J connectivity index is 2.45. The molecule has 0 N–H and O–H groups in total. The van der Waals surface area contributed by atoms with Crippen LogP contribution in [0.2, 0.25) is 0 Å². The largest absolute Gasteiger partial charge is 0.383 e. The summed E-state index contributed by atoms with van der Waals surface area (Å²) in [5, 5.41) is 0. The number of nitrogens with zero attached hydrogens (tertiary/aromatic N) is 2. The van der Waals surface area contributed by atoms with E-state index in [1.54, 1.807) is 11.4 Å². The van der Waals surface area contributed by atoms with Crippen LogP contribution in [0.15, 0.2) is 0 Å². The lowest BCUT2D eigenvalue weighted by atomic mass is 10.2. The van der Waals surface area contributed by atoms with Crippen molar-refractivity contribution in [2.45, 2.75) is 26.3 Å². The normalized spacial score (nSPS) is 21.6. The number of piperazine rings is 1. The molecule has 102 valence electrons. The molecule has 1 aliphatic heterocycles. The van der Waals surface area contributed by atoms with E-state index < -0.39 is 10.0 Å². The van der Waals surface area contributed by atoms with Crippen molar-refractivity contribution in [2.75, 3.05) is 45.6 Å². The first-order chi connectivity index (χ1) is 8.01. The third-order valence-corrected chi connectivity index (χ3v) is 5.24. The predicted octanol–water partition coefficient (Wildman–Crippen LogP) is 0.379. The van der Waals surface area contributed by atoms with Crippen molar-refractivity contribution in [2.24, 2.45) is 0 Å². The van der Waals surface area contributed by atoms with Gasteiger partial charge in [0.05, 0.1) is 12.4 Å². The van der Waals surface area contributed by atoms with Gasteiger partial charge < -0.3 is 4.74 Å². The zero-order valence-electron chi connectivity index (χ0n) is 11.1. The number of ether oxygens (including phenoxy) is 1. The van der Waals surface area contributed by atoms with Gasteiger partial charge >= 0.3 is 0 Å². The van der Waals surface area contributed by atoms with Gasteiger partial charge in [-0.2, -0.15) is 4.31 Å². The summed E-state index contributed by atoms with van der Waals surface area (Å²) in [4.78, 5) is 2.28. The van der Waals surface area contributed by atoms with E-state index in [9.17, 15) is 8.42 Å². The van der Waals surface area contributed by atoms with Crippen molar-refractivity contribution >= 4 is 10.0 Å². The molecule has 0 unspecified atom stereocenters. The minimum absolute atomic E-state index is 0.265. The first-order valence-corrected chi connectivity index (χ1v) is 7.83. The molecular formula is C11H24N2O3S. The summed E-state index contributed by atoms with van der Waals surface area (Å²) in [6.45, 7) is 7.52. The van der Waals surface area contributed by atoms with E-state index in [0.717, 1.165) is 13.1 Å². The molecule has 0 aromatic carbocycles. The van der Waals surface area contributed by atoms with Crippen LogP contribution in [0.5, 0.6) is 0 Å². The van der Waals surface area contributed by atoms with Crippen LogP contribution in [0.4, 0.5) is 0 Å². The highest BCUT2D eigenvalue weighted by molar-refractivity contribution is 7.89. The summed E-state index contributed by atoms with van der Waals surface area (Å²) in [6, 6.07) is 0.357. The van der Waals surface area contributed by atoms with Gasteiger partial charge in [0.15, 0.2) is 0 Å². The molecule has 1 atom stereocenters. The molecule has 0 aromatic heterocycles. The molecule has 1 rings (SSSR count). The van der Waals surface area contributed by atoms with E-state index >= 15 is 0 Å². The van der Waals surface area contributed by atoms with E-state index in [1.165, 1.54) is 0 Å². The van der Waals surface area contributed by atoms with Gasteiger partial charge in [-0.05, 0) is 13.3 Å². The average Bonchev–Trinajstić information content (AvgIpc) is 2.29. The minimum atomic E-state index is -3.02. The van der Waals surface area contributed by atoms with Gasteiger partial charge in [0.25, 0.3) is 0 Å². The highest BCUT2D eigenvalue weighted by Gasteiger charge is 2.27. The van der Waals surface area contributed by atoms with Crippen LogP contribution in [0.3, 0.4) is 0 Å². The highest BCUT2D eigenvalue weighted by Crippen LogP contribution is 2.11. The Hall–Kier alpha value is -0.170. The molecule has 0 saturated carbocycles. The Morgan fingerprint density at radius 3 is 2.29 bits per heavy atom. The number of hydrogen-bond donors (Lipinski definition) is 0. The summed E-state index contributed by atoms with van der Waals surface area (Å²) in [6.07, 6.45) is 0.683. The molecule has 1 saturated heterocycles. The number of sulfonamides is 1. The van der Waals surface area contributed by atoms with Crippen molar-refractivity contribution < 1.29 is 13.2 Å². The molecule has 5 nitrogen and oxygen atoms in total. The number of rotatable bonds is 6. The van der Waals surface area contributed by atoms with Crippen LogP contribution in [0, 0.1) is 0 Å². The second-order valence-corrected chi connectivity index (χ2v) is 6.64. The third-order valence-electron chi connectivity index (χ3n) is 3.16. The van der Waals surface area contributed by atoms with Crippen molar-refractivity contribution in [1.82, 2.24) is 9.21 Å². The van der Waals surface area contributed by atoms with E-state index in [1.807, 2.05) is 6.92 Å². The van der Waals surface area contributed by atoms with Crippen LogP contribution in [0.1, 0.15) is 20.3 Å². The van der Waals surface area contributed by atoms with E-state index in [4.69, 9.17) is 4.74 Å². The Morgan fingerprint density at radius 2 is 1.82 bits per heavy atom. The maximum absolute atomic E-state index is 11.9. The molecule has 1 fully saturated rings. The third kappa shape index (κ3) is 4.21. The predicted molar refractivity (Wildman–Crippen MR) is 68.6 cm³/mol. The summed E-state index contributed by atoms with van der Waals surface area (Å²) < 4.78 is 30.5. The summed E-state index contributed by atoms with van der Waals surface area (Å²) in [7, 11) is -1.33. The summed E-state index contributed by atoms with van der Waals surface area (Å²) in [5.41, 5.74) is 0. The zero-order chi connectivity index (χ0) is 12.9. The molecule has 0 aromatic rings. The molecule has 0 spiro atoms. The monoisotopic (exact) mass is 264 g/mol. The van der Waals surface area contributed by atoms with Gasteiger partial charge in [-0.15, -0.1) is 0 Å². The second-order valence-electron chi connectivity index (χ2n) is 4.56. The van der Waals surface area contributed by atoms with Gasteiger partial charge in [-0.3, -0.25) is 4.90 Å². The maximum atomic E-state index is 11.9. The van der Waals surface area contributed by atoms with Crippen LogP contribution >= 0.6 is 0 Å². The number of hydrogen-bond acceptors (Lipinski definition) is 4. The van der Waals surface area contributed by atoms with Crippen LogP contribution in [0.25, 0.3) is 0 Å². The maximum Gasteiger partial charge on any atom is 0.214 e. The van der Waals surface area contributed by atoms with Gasteiger partial charge in [-0.25, -0.2) is 8.42 Å². The summed E-state index contributed by atoms with van der Waals surface area (Å²) in [5.74, 6) is 0.265. The first-order valence-electron chi connectivity index (χ1n) is 6.22. The SMILES string of the molecule is CCCS(=O)(=O)N1CCN([C@H](C)COC)CC1. The van der Waals surface area contributed by atoms with Crippen molar-refractivity contribution in [1.29, 1.82) is 0 Å². The van der Waals surface area contributed by atoms with E-state index in [2.05, 4.69) is 11.8 Å². The Labute approximate surface area is 105 Å². The van der Waals surface area contributed by atoms with Crippen molar-refractivity contribution in [3.05, 3.63) is 0 Å². The Morgan fingerprint density at radius 1 is 1.24 bits per heavy atom. The van der Waals surface area contributed by atoms with Gasteiger partial charge in [0.1, 0.15) is 0 Å². The molecule has 1 heterocycles. The molecule has 0 aliphatic carbocycles. The number of methoxy groups -OCH3 is 1. The second kappa shape index (κ2) is 6.68. The fourth-order valence-electron chi connectivity index (χ4n) is 2.16. The Bertz CT molecular complexity index is 311. The van der Waals surface area contributed by atoms with Crippen molar-refractivity contribution in [3.8, 4) is 0 Å². The standard InChI is InChI=1S/C11H24N2O3S/c1-4-9-17(14,15)13-7-5-12(6-8-13)11(2)10-16-3/h11H,4-10H2,1-3H3/t11-/m1/s1. The lowest BCUT2D eigenvalue weighted by Crippen LogP contribution is -2.52. The summed E-state index contributed by atoms with van der Waals surface area (Å²) >= 11 is 0. The molecular weight excluding hydrogens is 240 g/mol. The molecule has 0 radical (unpaired) electrons. The van der Waals surface area contributed by atoms with Crippen LogP contribution in [-0.2, 0) is 14.8 Å².